The molecule has 1 aromatic carbocycles. The van der Waals surface area contributed by atoms with E-state index >= 15 is 0 Å². The van der Waals surface area contributed by atoms with E-state index in [1.807, 2.05) is 11.5 Å². The summed E-state index contributed by atoms with van der Waals surface area (Å²) in [6.07, 6.45) is 1.59. The van der Waals surface area contributed by atoms with Gasteiger partial charge in [0.25, 0.3) is 0 Å². The Morgan fingerprint density at radius 2 is 1.79 bits per heavy atom. The van der Waals surface area contributed by atoms with E-state index in [0.29, 0.717) is 6.54 Å². The summed E-state index contributed by atoms with van der Waals surface area (Å²) in [5, 5.41) is 8.96. The molecule has 4 nitrogen and oxygen atoms in total. The van der Waals surface area contributed by atoms with Crippen molar-refractivity contribution in [3.05, 3.63) is 52.1 Å². The number of nitrogens with zero attached hydrogens (tertiary/aromatic N) is 2. The molecule has 0 amide bonds. The predicted molar refractivity (Wildman–Crippen MR) is 73.7 cm³/mol. The Labute approximate surface area is 112 Å². The number of benzene rings is 1. The topological polar surface area (TPSA) is 55.1 Å². The van der Waals surface area contributed by atoms with Crippen molar-refractivity contribution in [1.29, 1.82) is 0 Å². The maximum Gasteiger partial charge on any atom is 0.356 e. The number of carboxylic acid groups (broad SMARTS) is 1. The first-order valence-corrected chi connectivity index (χ1v) is 6.22. The van der Waals surface area contributed by atoms with Gasteiger partial charge in [0.1, 0.15) is 5.82 Å². The van der Waals surface area contributed by atoms with Crippen LogP contribution >= 0.6 is 0 Å². The fraction of sp³-hybridized carbons (Fsp3) is 0.333. The number of imidazole rings is 1. The van der Waals surface area contributed by atoms with Gasteiger partial charge in [0.2, 0.25) is 0 Å². The lowest BCUT2D eigenvalue weighted by atomic mass is 10.00. The Bertz CT molecular complexity index is 619. The molecule has 0 radical (unpaired) electrons. The van der Waals surface area contributed by atoms with Gasteiger partial charge in [0, 0.05) is 12.7 Å². The lowest BCUT2D eigenvalue weighted by Crippen LogP contribution is -2.05. The average Bonchev–Trinajstić information content (AvgIpc) is 2.65. The molecule has 0 spiro atoms. The highest BCUT2D eigenvalue weighted by Crippen LogP contribution is 2.18. The second-order valence-electron chi connectivity index (χ2n) is 4.98. The summed E-state index contributed by atoms with van der Waals surface area (Å²) in [5.41, 5.74) is 5.01. The van der Waals surface area contributed by atoms with Crippen molar-refractivity contribution in [2.24, 2.45) is 0 Å². The lowest BCUT2D eigenvalue weighted by Gasteiger charge is -2.12. The molecule has 0 unspecified atom stereocenters. The largest absolute Gasteiger partial charge is 0.476 e. The number of aryl methyl sites for hydroxylation is 4. The monoisotopic (exact) mass is 258 g/mol. The maximum atomic E-state index is 10.9. The Morgan fingerprint density at radius 3 is 2.26 bits per heavy atom. The number of rotatable bonds is 3. The Hall–Kier alpha value is -2.10. The number of hydrogen-bond donors (Lipinski definition) is 1. The minimum Gasteiger partial charge on any atom is -0.476 e. The second kappa shape index (κ2) is 4.88. The molecule has 2 aromatic rings. The van der Waals surface area contributed by atoms with Crippen LogP contribution in [0.2, 0.25) is 0 Å². The molecule has 0 saturated heterocycles. The third-order valence-electron chi connectivity index (χ3n) is 3.36. The van der Waals surface area contributed by atoms with Crippen LogP contribution in [0.5, 0.6) is 0 Å². The van der Waals surface area contributed by atoms with E-state index in [2.05, 4.69) is 37.9 Å². The van der Waals surface area contributed by atoms with Crippen molar-refractivity contribution in [1.82, 2.24) is 9.55 Å². The normalized spacial score (nSPS) is 10.7. The number of carboxylic acids is 1. The first-order chi connectivity index (χ1) is 8.88. The van der Waals surface area contributed by atoms with E-state index < -0.39 is 5.97 Å². The summed E-state index contributed by atoms with van der Waals surface area (Å²) in [6, 6.07) is 4.29. The average molecular weight is 258 g/mol. The first-order valence-electron chi connectivity index (χ1n) is 6.22. The van der Waals surface area contributed by atoms with Crippen molar-refractivity contribution in [3.8, 4) is 0 Å². The highest BCUT2D eigenvalue weighted by Gasteiger charge is 2.12. The molecule has 100 valence electrons. The minimum atomic E-state index is -0.987. The molecule has 0 aliphatic rings. The molecular formula is C15H18N2O2. The molecule has 0 bridgehead atoms. The van der Waals surface area contributed by atoms with Gasteiger partial charge in [-0.15, -0.1) is 0 Å². The molecule has 0 fully saturated rings. The lowest BCUT2D eigenvalue weighted by molar-refractivity contribution is 0.0691. The zero-order valence-corrected chi connectivity index (χ0v) is 11.7. The van der Waals surface area contributed by atoms with Crippen molar-refractivity contribution in [2.45, 2.75) is 34.2 Å². The molecule has 2 rings (SSSR count). The summed E-state index contributed by atoms with van der Waals surface area (Å²) < 4.78 is 1.88. The van der Waals surface area contributed by atoms with Crippen molar-refractivity contribution in [3.63, 3.8) is 0 Å². The van der Waals surface area contributed by atoms with Crippen LogP contribution in [0.3, 0.4) is 0 Å². The molecule has 4 heteroatoms. The molecule has 0 aliphatic carbocycles. The molecular weight excluding hydrogens is 240 g/mol. The van der Waals surface area contributed by atoms with Crippen LogP contribution in [-0.4, -0.2) is 20.6 Å². The van der Waals surface area contributed by atoms with Crippen LogP contribution in [-0.2, 0) is 6.54 Å². The van der Waals surface area contributed by atoms with E-state index in [9.17, 15) is 4.79 Å². The molecule has 1 heterocycles. The summed E-state index contributed by atoms with van der Waals surface area (Å²) >= 11 is 0. The molecule has 19 heavy (non-hydrogen) atoms. The van der Waals surface area contributed by atoms with Crippen molar-refractivity contribution < 1.29 is 9.90 Å². The van der Waals surface area contributed by atoms with Crippen molar-refractivity contribution in [2.75, 3.05) is 0 Å². The highest BCUT2D eigenvalue weighted by molar-refractivity contribution is 5.85. The van der Waals surface area contributed by atoms with Gasteiger partial charge in [0.15, 0.2) is 5.69 Å². The summed E-state index contributed by atoms with van der Waals surface area (Å²) in [7, 11) is 0. The Balaban J connectivity index is 2.39. The standard InChI is InChI=1S/C15H18N2O2/c1-9-5-10(2)13(11(3)6-9)7-17-8-14(15(18)19)16-12(17)4/h5-6,8H,7H2,1-4H3,(H,18,19). The quantitative estimate of drug-likeness (QED) is 0.921. The smallest absolute Gasteiger partial charge is 0.356 e. The van der Waals surface area contributed by atoms with E-state index in [0.717, 1.165) is 5.82 Å². The van der Waals surface area contributed by atoms with Crippen molar-refractivity contribution >= 4 is 5.97 Å². The predicted octanol–water partition coefficient (Wildman–Crippen LogP) is 2.86. The molecule has 0 atom stereocenters. The molecule has 0 aliphatic heterocycles. The van der Waals surface area contributed by atoms with Gasteiger partial charge in [-0.05, 0) is 44.4 Å². The van der Waals surface area contributed by atoms with Gasteiger partial charge in [-0.25, -0.2) is 9.78 Å². The molecule has 0 saturated carbocycles. The van der Waals surface area contributed by atoms with Crippen LogP contribution in [0, 0.1) is 27.7 Å². The number of aromatic carboxylic acids is 1. The fourth-order valence-corrected chi connectivity index (χ4v) is 2.40. The van der Waals surface area contributed by atoms with E-state index in [-0.39, 0.29) is 5.69 Å². The Kier molecular flexibility index (Phi) is 3.42. The summed E-state index contributed by atoms with van der Waals surface area (Å²) in [5.74, 6) is -0.268. The van der Waals surface area contributed by atoms with E-state index in [1.165, 1.54) is 22.3 Å². The molecule has 1 aromatic heterocycles. The van der Waals surface area contributed by atoms with Gasteiger partial charge >= 0.3 is 5.97 Å². The summed E-state index contributed by atoms with van der Waals surface area (Å²) in [4.78, 5) is 15.0. The van der Waals surface area contributed by atoms with Crippen LogP contribution < -0.4 is 0 Å². The van der Waals surface area contributed by atoms with E-state index in [4.69, 9.17) is 5.11 Å². The van der Waals surface area contributed by atoms with Gasteiger partial charge in [-0.2, -0.15) is 0 Å². The number of hydrogen-bond acceptors (Lipinski definition) is 2. The van der Waals surface area contributed by atoms with Crippen LogP contribution in [0.25, 0.3) is 0 Å². The SMILES string of the molecule is Cc1cc(C)c(Cn2cc(C(=O)O)nc2C)c(C)c1. The number of carbonyl (C=O) groups is 1. The van der Waals surface area contributed by atoms with Gasteiger partial charge < -0.3 is 9.67 Å². The second-order valence-corrected chi connectivity index (χ2v) is 4.98. The third kappa shape index (κ3) is 2.67. The van der Waals surface area contributed by atoms with Crippen LogP contribution in [0.4, 0.5) is 0 Å². The summed E-state index contributed by atoms with van der Waals surface area (Å²) in [6.45, 7) is 8.73. The zero-order chi connectivity index (χ0) is 14.2. The minimum absolute atomic E-state index is 0.0971. The zero-order valence-electron chi connectivity index (χ0n) is 11.7. The van der Waals surface area contributed by atoms with Crippen LogP contribution in [0.1, 0.15) is 38.6 Å². The highest BCUT2D eigenvalue weighted by atomic mass is 16.4. The first kappa shape index (κ1) is 13.3. The van der Waals surface area contributed by atoms with Crippen LogP contribution in [0.15, 0.2) is 18.3 Å². The van der Waals surface area contributed by atoms with Gasteiger partial charge in [0.05, 0.1) is 0 Å². The maximum absolute atomic E-state index is 10.9. The Morgan fingerprint density at radius 1 is 1.21 bits per heavy atom. The van der Waals surface area contributed by atoms with E-state index in [1.54, 1.807) is 6.20 Å². The third-order valence-corrected chi connectivity index (χ3v) is 3.36. The molecule has 1 N–H and O–H groups in total. The number of aromatic nitrogens is 2. The van der Waals surface area contributed by atoms with Gasteiger partial charge in [-0.3, -0.25) is 0 Å². The fourth-order valence-electron chi connectivity index (χ4n) is 2.40. The van der Waals surface area contributed by atoms with Gasteiger partial charge in [-0.1, -0.05) is 17.7 Å².